The van der Waals surface area contributed by atoms with Gasteiger partial charge in [0.05, 0.1) is 5.70 Å². The number of aryl methyl sites for hydroxylation is 2. The maximum Gasteiger partial charge on any atom is 0.201 e. The second-order valence-corrected chi connectivity index (χ2v) is 6.62. The Hall–Kier alpha value is -2.11. The third kappa shape index (κ3) is 1.76. The van der Waals surface area contributed by atoms with Crippen molar-refractivity contribution in [1.29, 1.82) is 0 Å². The van der Waals surface area contributed by atoms with E-state index in [0.29, 0.717) is 17.0 Å². The van der Waals surface area contributed by atoms with Gasteiger partial charge in [0.15, 0.2) is 5.76 Å². The first-order valence-electron chi connectivity index (χ1n) is 6.98. The van der Waals surface area contributed by atoms with E-state index in [1.807, 2.05) is 25.3 Å². The first-order chi connectivity index (χ1) is 10.5. The van der Waals surface area contributed by atoms with Crippen molar-refractivity contribution in [2.24, 2.45) is 0 Å². The van der Waals surface area contributed by atoms with Crippen molar-refractivity contribution < 1.29 is 14.6 Å². The molecule has 1 atom stereocenters. The van der Waals surface area contributed by atoms with E-state index in [9.17, 15) is 10.2 Å². The standard InChI is InChI=1S/C17H15NO3S/c1-9-5-10(2)11-7-14(21-12(11)6-9)17(20)8-13-15(16(17)19)18-3-4-22-13/h3-8,18-20H,1-2H3. The minimum atomic E-state index is -1.63. The van der Waals surface area contributed by atoms with Crippen LogP contribution in [0.25, 0.3) is 11.0 Å². The van der Waals surface area contributed by atoms with E-state index in [-0.39, 0.29) is 5.76 Å². The monoisotopic (exact) mass is 313 g/mol. The lowest BCUT2D eigenvalue weighted by Gasteiger charge is -2.18. The number of fused-ring (bicyclic) bond motifs is 2. The van der Waals surface area contributed by atoms with Gasteiger partial charge in [0, 0.05) is 16.5 Å². The van der Waals surface area contributed by atoms with Gasteiger partial charge in [0.1, 0.15) is 11.3 Å². The molecule has 2 aromatic rings. The van der Waals surface area contributed by atoms with Crippen LogP contribution in [0.3, 0.4) is 0 Å². The van der Waals surface area contributed by atoms with Gasteiger partial charge in [-0.05, 0) is 48.6 Å². The summed E-state index contributed by atoms with van der Waals surface area (Å²) in [5.74, 6) is 0.193. The van der Waals surface area contributed by atoms with Crippen LogP contribution < -0.4 is 5.32 Å². The van der Waals surface area contributed by atoms with E-state index in [1.54, 1.807) is 18.3 Å². The summed E-state index contributed by atoms with van der Waals surface area (Å²) in [4.78, 5) is 0.788. The summed E-state index contributed by atoms with van der Waals surface area (Å²) < 4.78 is 5.85. The summed E-state index contributed by atoms with van der Waals surface area (Å²) in [7, 11) is 0. The molecule has 2 heterocycles. The van der Waals surface area contributed by atoms with E-state index >= 15 is 0 Å². The van der Waals surface area contributed by atoms with Gasteiger partial charge in [-0.3, -0.25) is 0 Å². The molecular weight excluding hydrogens is 298 g/mol. The highest BCUT2D eigenvalue weighted by molar-refractivity contribution is 8.06. The number of hydrogen-bond donors (Lipinski definition) is 3. The van der Waals surface area contributed by atoms with Gasteiger partial charge in [-0.2, -0.15) is 0 Å². The SMILES string of the molecule is Cc1cc(C)c2cc(C3(O)C=C4SC=CNC4=C3O)oc2c1. The van der Waals surface area contributed by atoms with E-state index in [4.69, 9.17) is 4.42 Å². The first-order valence-corrected chi connectivity index (χ1v) is 7.86. The zero-order chi connectivity index (χ0) is 15.5. The van der Waals surface area contributed by atoms with Crippen molar-refractivity contribution in [2.45, 2.75) is 19.4 Å². The lowest BCUT2D eigenvalue weighted by Crippen LogP contribution is -2.24. The smallest absolute Gasteiger partial charge is 0.201 e. The molecule has 1 aromatic heterocycles. The second kappa shape index (κ2) is 4.44. The molecule has 4 nitrogen and oxygen atoms in total. The molecule has 22 heavy (non-hydrogen) atoms. The lowest BCUT2D eigenvalue weighted by molar-refractivity contribution is 0.0612. The van der Waals surface area contributed by atoms with Crippen LogP contribution in [-0.2, 0) is 5.60 Å². The average molecular weight is 313 g/mol. The minimum Gasteiger partial charge on any atom is -0.506 e. The Bertz CT molecular complexity index is 891. The van der Waals surface area contributed by atoms with Gasteiger partial charge in [-0.15, -0.1) is 0 Å². The van der Waals surface area contributed by atoms with Gasteiger partial charge >= 0.3 is 0 Å². The lowest BCUT2D eigenvalue weighted by atomic mass is 10.00. The third-order valence-corrected chi connectivity index (χ3v) is 4.89. The molecule has 4 rings (SSSR count). The topological polar surface area (TPSA) is 65.6 Å². The largest absolute Gasteiger partial charge is 0.506 e. The highest BCUT2D eigenvalue weighted by Gasteiger charge is 2.44. The minimum absolute atomic E-state index is 0.132. The number of hydrogen-bond acceptors (Lipinski definition) is 5. The van der Waals surface area contributed by atoms with Crippen molar-refractivity contribution >= 4 is 22.7 Å². The Morgan fingerprint density at radius 3 is 2.82 bits per heavy atom. The van der Waals surface area contributed by atoms with Gasteiger partial charge in [-0.25, -0.2) is 0 Å². The van der Waals surface area contributed by atoms with E-state index in [0.717, 1.165) is 21.4 Å². The summed E-state index contributed by atoms with van der Waals surface area (Å²) >= 11 is 1.45. The van der Waals surface area contributed by atoms with Crippen molar-refractivity contribution in [3.05, 3.63) is 69.1 Å². The van der Waals surface area contributed by atoms with Gasteiger partial charge in [0.2, 0.25) is 5.60 Å². The van der Waals surface area contributed by atoms with E-state index < -0.39 is 5.60 Å². The van der Waals surface area contributed by atoms with Crippen molar-refractivity contribution in [1.82, 2.24) is 5.32 Å². The normalized spacial score (nSPS) is 23.7. The zero-order valence-electron chi connectivity index (χ0n) is 12.2. The molecule has 0 saturated heterocycles. The molecule has 0 amide bonds. The Labute approximate surface area is 131 Å². The number of benzene rings is 1. The highest BCUT2D eigenvalue weighted by Crippen LogP contribution is 2.46. The fourth-order valence-electron chi connectivity index (χ4n) is 2.96. The summed E-state index contributed by atoms with van der Waals surface area (Å²) in [6.45, 7) is 4.01. The van der Waals surface area contributed by atoms with Gasteiger partial charge < -0.3 is 19.9 Å². The molecular formula is C17H15NO3S. The van der Waals surface area contributed by atoms with Crippen LogP contribution in [0.4, 0.5) is 0 Å². The molecule has 3 N–H and O–H groups in total. The predicted molar refractivity (Wildman–Crippen MR) is 87.2 cm³/mol. The van der Waals surface area contributed by atoms with Crippen LogP contribution in [-0.4, -0.2) is 10.2 Å². The maximum atomic E-state index is 11.0. The number of thioether (sulfide) groups is 1. The van der Waals surface area contributed by atoms with Crippen LogP contribution in [0.2, 0.25) is 0 Å². The molecule has 0 spiro atoms. The molecule has 1 aliphatic heterocycles. The maximum absolute atomic E-state index is 11.0. The summed E-state index contributed by atoms with van der Waals surface area (Å²) in [6, 6.07) is 5.80. The quantitative estimate of drug-likeness (QED) is 0.749. The molecule has 1 aliphatic carbocycles. The van der Waals surface area contributed by atoms with Gasteiger partial charge in [-0.1, -0.05) is 17.8 Å². The fraction of sp³-hybridized carbons (Fsp3) is 0.176. The zero-order valence-corrected chi connectivity index (χ0v) is 13.0. The van der Waals surface area contributed by atoms with Crippen LogP contribution in [0.5, 0.6) is 0 Å². The Kier molecular flexibility index (Phi) is 2.74. The van der Waals surface area contributed by atoms with Crippen LogP contribution in [0.1, 0.15) is 16.9 Å². The summed E-state index contributed by atoms with van der Waals surface area (Å²) in [5.41, 5.74) is 1.79. The Balaban J connectivity index is 1.91. The summed E-state index contributed by atoms with van der Waals surface area (Å²) in [6.07, 6.45) is 3.35. The number of aliphatic hydroxyl groups is 2. The number of rotatable bonds is 1. The molecule has 112 valence electrons. The van der Waals surface area contributed by atoms with E-state index in [1.165, 1.54) is 11.8 Å². The molecule has 0 bridgehead atoms. The number of furan rings is 1. The van der Waals surface area contributed by atoms with Gasteiger partial charge in [0.25, 0.3) is 0 Å². The first kappa shape index (κ1) is 13.5. The molecule has 0 fully saturated rings. The van der Waals surface area contributed by atoms with E-state index in [2.05, 4.69) is 11.4 Å². The molecule has 0 saturated carbocycles. The summed E-state index contributed by atoms with van der Waals surface area (Å²) in [5, 5.41) is 27.2. The van der Waals surface area contributed by atoms with Crippen LogP contribution >= 0.6 is 11.8 Å². The molecule has 1 aromatic carbocycles. The second-order valence-electron chi connectivity index (χ2n) is 5.67. The third-order valence-electron chi connectivity index (χ3n) is 4.04. The van der Waals surface area contributed by atoms with Crippen molar-refractivity contribution in [2.75, 3.05) is 0 Å². The molecule has 0 radical (unpaired) electrons. The highest BCUT2D eigenvalue weighted by atomic mass is 32.2. The number of nitrogens with one attached hydrogen (secondary N) is 1. The fourth-order valence-corrected chi connectivity index (χ4v) is 3.75. The molecule has 2 aliphatic rings. The van der Waals surface area contributed by atoms with Crippen LogP contribution in [0.15, 0.2) is 56.7 Å². The van der Waals surface area contributed by atoms with Crippen LogP contribution in [0, 0.1) is 13.8 Å². The average Bonchev–Trinajstić information content (AvgIpc) is 3.01. The van der Waals surface area contributed by atoms with Crippen molar-refractivity contribution in [3.8, 4) is 0 Å². The molecule has 5 heteroatoms. The molecule has 1 unspecified atom stereocenters. The Morgan fingerprint density at radius 2 is 2.05 bits per heavy atom. The predicted octanol–water partition coefficient (Wildman–Crippen LogP) is 3.71. The Morgan fingerprint density at radius 1 is 1.23 bits per heavy atom. The van der Waals surface area contributed by atoms with Crippen molar-refractivity contribution in [3.63, 3.8) is 0 Å². The number of aliphatic hydroxyl groups excluding tert-OH is 1.